The average molecular weight is 349 g/mol. The van der Waals surface area contributed by atoms with E-state index in [9.17, 15) is 9.90 Å². The van der Waals surface area contributed by atoms with Crippen molar-refractivity contribution >= 4 is 40.4 Å². The summed E-state index contributed by atoms with van der Waals surface area (Å²) in [6, 6.07) is 1.91. The van der Waals surface area contributed by atoms with E-state index in [1.165, 1.54) is 11.3 Å². The van der Waals surface area contributed by atoms with Crippen LogP contribution in [0.4, 0.5) is 0 Å². The highest BCUT2D eigenvalue weighted by Crippen LogP contribution is 2.32. The van der Waals surface area contributed by atoms with Crippen molar-refractivity contribution in [3.8, 4) is 0 Å². The number of halogens is 2. The molecule has 0 unspecified atom stereocenters. The highest BCUT2D eigenvalue weighted by atomic mass is 35.5. The number of carbonyl (C=O) groups is 1. The zero-order chi connectivity index (χ0) is 15.0. The van der Waals surface area contributed by atoms with Crippen LogP contribution in [0.15, 0.2) is 6.07 Å². The second kappa shape index (κ2) is 6.42. The lowest BCUT2D eigenvalue weighted by Gasteiger charge is -2.39. The molecule has 7 heteroatoms. The fourth-order valence-electron chi connectivity index (χ4n) is 3.26. The van der Waals surface area contributed by atoms with Crippen molar-refractivity contribution in [1.29, 1.82) is 0 Å². The molecule has 2 heterocycles. The second-order valence-corrected chi connectivity index (χ2v) is 7.92. The summed E-state index contributed by atoms with van der Waals surface area (Å²) in [7, 11) is 0. The molecule has 2 fully saturated rings. The molecule has 21 heavy (non-hydrogen) atoms. The number of hydrogen-bond acceptors (Lipinski definition) is 4. The molecule has 116 valence electrons. The van der Waals surface area contributed by atoms with Gasteiger partial charge in [-0.25, -0.2) is 0 Å². The van der Waals surface area contributed by atoms with Crippen LogP contribution in [-0.2, 0) is 0 Å². The van der Waals surface area contributed by atoms with E-state index in [1.54, 1.807) is 6.07 Å². The smallest absolute Gasteiger partial charge is 0.256 e. The Morgan fingerprint density at radius 1 is 1.24 bits per heavy atom. The molecule has 0 radical (unpaired) electrons. The normalized spacial score (nSPS) is 27.3. The molecule has 1 aliphatic carbocycles. The first-order valence-electron chi connectivity index (χ1n) is 7.22. The number of aliphatic hydroxyl groups excluding tert-OH is 1. The minimum atomic E-state index is -0.211. The van der Waals surface area contributed by atoms with Gasteiger partial charge in [0.2, 0.25) is 0 Å². The van der Waals surface area contributed by atoms with Gasteiger partial charge in [0.1, 0.15) is 4.34 Å². The van der Waals surface area contributed by atoms with Gasteiger partial charge in [0, 0.05) is 32.2 Å². The summed E-state index contributed by atoms with van der Waals surface area (Å²) < 4.78 is 0.995. The van der Waals surface area contributed by atoms with E-state index >= 15 is 0 Å². The van der Waals surface area contributed by atoms with E-state index in [1.807, 2.05) is 4.90 Å². The summed E-state index contributed by atoms with van der Waals surface area (Å²) in [6.07, 6.45) is 2.83. The van der Waals surface area contributed by atoms with Crippen LogP contribution in [0.25, 0.3) is 0 Å². The third kappa shape index (κ3) is 3.22. The van der Waals surface area contributed by atoms with E-state index in [2.05, 4.69) is 4.90 Å². The Hall–Kier alpha value is -0.330. The number of rotatable bonds is 2. The van der Waals surface area contributed by atoms with Crippen LogP contribution in [0.3, 0.4) is 0 Å². The fourth-order valence-corrected chi connectivity index (χ4v) is 4.71. The molecule has 4 nitrogen and oxygen atoms in total. The van der Waals surface area contributed by atoms with E-state index in [4.69, 9.17) is 23.2 Å². The largest absolute Gasteiger partial charge is 0.391 e. The van der Waals surface area contributed by atoms with E-state index in [0.29, 0.717) is 27.3 Å². The van der Waals surface area contributed by atoms with Crippen molar-refractivity contribution < 1.29 is 9.90 Å². The molecule has 1 aromatic heterocycles. The third-order valence-electron chi connectivity index (χ3n) is 4.40. The molecule has 1 aromatic rings. The zero-order valence-electron chi connectivity index (χ0n) is 11.6. The van der Waals surface area contributed by atoms with Crippen molar-refractivity contribution in [3.05, 3.63) is 20.3 Å². The summed E-state index contributed by atoms with van der Waals surface area (Å²) >= 11 is 13.2. The first kappa shape index (κ1) is 15.6. The summed E-state index contributed by atoms with van der Waals surface area (Å²) in [5, 5.41) is 9.98. The molecule has 1 amide bonds. The first-order chi connectivity index (χ1) is 10.1. The minimum Gasteiger partial charge on any atom is -0.391 e. The lowest BCUT2D eigenvalue weighted by Crippen LogP contribution is -2.53. The van der Waals surface area contributed by atoms with Crippen LogP contribution in [0, 0.1) is 0 Å². The Kier molecular flexibility index (Phi) is 4.76. The molecule has 1 aliphatic heterocycles. The summed E-state index contributed by atoms with van der Waals surface area (Å²) in [6.45, 7) is 2.96. The van der Waals surface area contributed by atoms with Crippen LogP contribution in [-0.4, -0.2) is 59.1 Å². The summed E-state index contributed by atoms with van der Waals surface area (Å²) in [5.74, 6) is -0.0465. The van der Waals surface area contributed by atoms with Gasteiger partial charge >= 0.3 is 0 Å². The van der Waals surface area contributed by atoms with E-state index in [-0.39, 0.29) is 18.1 Å². The van der Waals surface area contributed by atoms with Gasteiger partial charge < -0.3 is 10.0 Å². The number of thiophene rings is 1. The standard InChI is InChI=1S/C14H18Cl2N2O2S/c15-12-8-9(13(16)21-12)14(20)18-6-4-17(5-7-18)10-2-1-3-11(10)19/h8,10-11,19H,1-7H2/t10-,11-/m0/s1. The summed E-state index contributed by atoms with van der Waals surface area (Å²) in [4.78, 5) is 16.6. The van der Waals surface area contributed by atoms with Gasteiger partial charge in [0.15, 0.2) is 0 Å². The molecular formula is C14H18Cl2N2O2S. The number of carbonyl (C=O) groups excluding carboxylic acids is 1. The Labute approximate surface area is 138 Å². The van der Waals surface area contributed by atoms with Gasteiger partial charge in [-0.2, -0.15) is 0 Å². The lowest BCUT2D eigenvalue weighted by molar-refractivity contribution is 0.0316. The zero-order valence-corrected chi connectivity index (χ0v) is 13.9. The number of aliphatic hydroxyl groups is 1. The quantitative estimate of drug-likeness (QED) is 0.893. The number of nitrogens with zero attached hydrogens (tertiary/aromatic N) is 2. The van der Waals surface area contributed by atoms with Crippen molar-refractivity contribution in [2.24, 2.45) is 0 Å². The molecule has 2 atom stereocenters. The number of piperazine rings is 1. The van der Waals surface area contributed by atoms with Crippen molar-refractivity contribution in [1.82, 2.24) is 9.80 Å². The van der Waals surface area contributed by atoms with E-state index < -0.39 is 0 Å². The fraction of sp³-hybridized carbons (Fsp3) is 0.643. The van der Waals surface area contributed by atoms with Crippen LogP contribution >= 0.6 is 34.5 Å². The number of hydrogen-bond donors (Lipinski definition) is 1. The Morgan fingerprint density at radius 2 is 1.95 bits per heavy atom. The van der Waals surface area contributed by atoms with Gasteiger partial charge in [-0.15, -0.1) is 11.3 Å². The highest BCUT2D eigenvalue weighted by molar-refractivity contribution is 7.20. The molecular weight excluding hydrogens is 331 g/mol. The van der Waals surface area contributed by atoms with Gasteiger partial charge in [0.25, 0.3) is 5.91 Å². The van der Waals surface area contributed by atoms with Gasteiger partial charge in [0.05, 0.1) is 16.0 Å². The van der Waals surface area contributed by atoms with E-state index in [0.717, 1.165) is 32.4 Å². The Balaban J connectivity index is 1.60. The molecule has 0 aromatic carbocycles. The van der Waals surface area contributed by atoms with Gasteiger partial charge in [-0.3, -0.25) is 9.69 Å². The lowest BCUT2D eigenvalue weighted by atomic mass is 10.1. The van der Waals surface area contributed by atoms with Gasteiger partial charge in [-0.05, 0) is 25.3 Å². The van der Waals surface area contributed by atoms with Crippen molar-refractivity contribution in [2.45, 2.75) is 31.4 Å². The predicted molar refractivity (Wildman–Crippen MR) is 85.5 cm³/mol. The first-order valence-corrected chi connectivity index (χ1v) is 8.79. The number of amides is 1. The highest BCUT2D eigenvalue weighted by Gasteiger charge is 2.33. The maximum Gasteiger partial charge on any atom is 0.256 e. The minimum absolute atomic E-state index is 0.0465. The van der Waals surface area contributed by atoms with Crippen molar-refractivity contribution in [2.75, 3.05) is 26.2 Å². The van der Waals surface area contributed by atoms with Crippen LogP contribution in [0.2, 0.25) is 8.67 Å². The molecule has 1 saturated heterocycles. The molecule has 3 rings (SSSR count). The second-order valence-electron chi connectivity index (χ2n) is 5.63. The monoisotopic (exact) mass is 348 g/mol. The molecule has 1 saturated carbocycles. The van der Waals surface area contributed by atoms with Crippen molar-refractivity contribution in [3.63, 3.8) is 0 Å². The van der Waals surface area contributed by atoms with Crippen LogP contribution in [0.1, 0.15) is 29.6 Å². The molecule has 0 spiro atoms. The topological polar surface area (TPSA) is 43.8 Å². The molecule has 2 aliphatic rings. The average Bonchev–Trinajstić information content (AvgIpc) is 3.04. The predicted octanol–water partition coefficient (Wildman–Crippen LogP) is 2.73. The Bertz CT molecular complexity index is 529. The SMILES string of the molecule is O=C(c1cc(Cl)sc1Cl)N1CCN([C@H]2CCC[C@@H]2O)CC1. The van der Waals surface area contributed by atoms with Crippen LogP contribution < -0.4 is 0 Å². The maximum atomic E-state index is 12.4. The van der Waals surface area contributed by atoms with Crippen LogP contribution in [0.5, 0.6) is 0 Å². The van der Waals surface area contributed by atoms with Gasteiger partial charge in [-0.1, -0.05) is 23.2 Å². The summed E-state index contributed by atoms with van der Waals surface area (Å²) in [5.41, 5.74) is 0.501. The molecule has 0 bridgehead atoms. The third-order valence-corrected chi connectivity index (χ3v) is 5.89. The maximum absolute atomic E-state index is 12.4. The Morgan fingerprint density at radius 3 is 2.48 bits per heavy atom. The molecule has 1 N–H and O–H groups in total.